The number of carbonyl (C=O) groups is 2. The van der Waals surface area contributed by atoms with Gasteiger partial charge in [0, 0.05) is 10.6 Å². The molecule has 0 fully saturated rings. The Bertz CT molecular complexity index is 1060. The minimum atomic E-state index is -0.658. The molecule has 1 heterocycles. The minimum Gasteiger partial charge on any atom is -0.483 e. The highest BCUT2D eigenvalue weighted by Crippen LogP contribution is 2.30. The molecule has 1 aromatic heterocycles. The van der Waals surface area contributed by atoms with Crippen LogP contribution in [0, 0.1) is 13.8 Å². The van der Waals surface area contributed by atoms with Crippen molar-refractivity contribution in [2.45, 2.75) is 20.8 Å². The van der Waals surface area contributed by atoms with Crippen LogP contribution in [-0.4, -0.2) is 30.2 Å². The molecule has 30 heavy (non-hydrogen) atoms. The van der Waals surface area contributed by atoms with E-state index < -0.39 is 11.9 Å². The maximum absolute atomic E-state index is 12.5. The van der Waals surface area contributed by atoms with Crippen LogP contribution in [0.1, 0.15) is 28.4 Å². The number of amides is 1. The number of halogens is 1. The number of rotatable bonds is 7. The Morgan fingerprint density at radius 1 is 1.13 bits per heavy atom. The number of hydrogen-bond donors (Lipinski definition) is 1. The molecule has 3 rings (SSSR count). The molecule has 0 saturated carbocycles. The van der Waals surface area contributed by atoms with Crippen molar-refractivity contribution in [3.8, 4) is 17.0 Å². The highest BCUT2D eigenvalue weighted by Gasteiger charge is 2.26. The number of carbonyl (C=O) groups excluding carboxylic acids is 2. The van der Waals surface area contributed by atoms with Gasteiger partial charge in [-0.05, 0) is 44.5 Å². The SMILES string of the molecule is CCOC(=O)c1c(-c2ccc(Cl)cc2)noc1NC(=O)COc1ccc(C)cc1C. The zero-order chi connectivity index (χ0) is 21.7. The Morgan fingerprint density at radius 2 is 1.87 bits per heavy atom. The van der Waals surface area contributed by atoms with Crippen molar-refractivity contribution in [1.82, 2.24) is 5.16 Å². The maximum Gasteiger partial charge on any atom is 0.346 e. The van der Waals surface area contributed by atoms with Crippen LogP contribution in [0.15, 0.2) is 47.0 Å². The van der Waals surface area contributed by atoms with Gasteiger partial charge in [-0.1, -0.05) is 46.6 Å². The highest BCUT2D eigenvalue weighted by molar-refractivity contribution is 6.30. The van der Waals surface area contributed by atoms with Gasteiger partial charge in [0.15, 0.2) is 12.2 Å². The molecule has 2 aromatic carbocycles. The number of aromatic nitrogens is 1. The van der Waals surface area contributed by atoms with Gasteiger partial charge in [-0.15, -0.1) is 0 Å². The van der Waals surface area contributed by atoms with Crippen LogP contribution in [0.4, 0.5) is 5.88 Å². The molecule has 1 N–H and O–H groups in total. The van der Waals surface area contributed by atoms with Gasteiger partial charge in [0.2, 0.25) is 5.88 Å². The summed E-state index contributed by atoms with van der Waals surface area (Å²) in [5.74, 6) is -0.665. The molecular formula is C22H21ClN2O5. The number of ether oxygens (including phenoxy) is 2. The average Bonchev–Trinajstić information content (AvgIpc) is 3.11. The van der Waals surface area contributed by atoms with Crippen molar-refractivity contribution >= 4 is 29.4 Å². The van der Waals surface area contributed by atoms with Crippen LogP contribution in [0.25, 0.3) is 11.3 Å². The first kappa shape index (κ1) is 21.4. The topological polar surface area (TPSA) is 90.7 Å². The van der Waals surface area contributed by atoms with E-state index in [0.717, 1.165) is 11.1 Å². The summed E-state index contributed by atoms with van der Waals surface area (Å²) in [7, 11) is 0. The number of anilines is 1. The molecule has 0 bridgehead atoms. The number of aryl methyl sites for hydroxylation is 2. The monoisotopic (exact) mass is 428 g/mol. The van der Waals surface area contributed by atoms with Gasteiger partial charge in [0.1, 0.15) is 11.4 Å². The minimum absolute atomic E-state index is 0.0269. The number of esters is 1. The largest absolute Gasteiger partial charge is 0.483 e. The van der Waals surface area contributed by atoms with E-state index in [4.69, 9.17) is 25.6 Å². The van der Waals surface area contributed by atoms with Gasteiger partial charge in [-0.2, -0.15) is 0 Å². The molecule has 8 heteroatoms. The lowest BCUT2D eigenvalue weighted by atomic mass is 10.1. The third-order valence-electron chi connectivity index (χ3n) is 4.23. The smallest absolute Gasteiger partial charge is 0.346 e. The molecular weight excluding hydrogens is 408 g/mol. The van der Waals surface area contributed by atoms with Crippen molar-refractivity contribution in [3.05, 3.63) is 64.2 Å². The van der Waals surface area contributed by atoms with Gasteiger partial charge in [-0.3, -0.25) is 10.1 Å². The van der Waals surface area contributed by atoms with E-state index in [1.807, 2.05) is 26.0 Å². The van der Waals surface area contributed by atoms with Crippen molar-refractivity contribution in [1.29, 1.82) is 0 Å². The second-order valence-corrected chi connectivity index (χ2v) is 7.00. The second-order valence-electron chi connectivity index (χ2n) is 6.57. The number of hydrogen-bond acceptors (Lipinski definition) is 6. The molecule has 0 aliphatic rings. The van der Waals surface area contributed by atoms with E-state index in [0.29, 0.717) is 16.3 Å². The zero-order valence-electron chi connectivity index (χ0n) is 16.8. The van der Waals surface area contributed by atoms with Crippen LogP contribution in [0.2, 0.25) is 5.02 Å². The maximum atomic E-state index is 12.5. The molecule has 0 atom stereocenters. The summed E-state index contributed by atoms with van der Waals surface area (Å²) in [6, 6.07) is 12.4. The van der Waals surface area contributed by atoms with Gasteiger partial charge in [-0.25, -0.2) is 4.79 Å². The summed E-state index contributed by atoms with van der Waals surface area (Å²) in [6.45, 7) is 5.45. The molecule has 3 aromatic rings. The molecule has 1 amide bonds. The fourth-order valence-electron chi connectivity index (χ4n) is 2.84. The molecule has 0 spiro atoms. The quantitative estimate of drug-likeness (QED) is 0.543. The Labute approximate surface area is 178 Å². The molecule has 0 saturated heterocycles. The Hall–Kier alpha value is -3.32. The third-order valence-corrected chi connectivity index (χ3v) is 4.48. The van der Waals surface area contributed by atoms with E-state index in [-0.39, 0.29) is 30.4 Å². The van der Waals surface area contributed by atoms with Crippen LogP contribution >= 0.6 is 11.6 Å². The molecule has 0 radical (unpaired) electrons. The van der Waals surface area contributed by atoms with Crippen molar-refractivity contribution < 1.29 is 23.6 Å². The zero-order valence-corrected chi connectivity index (χ0v) is 17.6. The summed E-state index contributed by atoms with van der Waals surface area (Å²) < 4.78 is 15.9. The Morgan fingerprint density at radius 3 is 2.53 bits per heavy atom. The van der Waals surface area contributed by atoms with Gasteiger partial charge in [0.05, 0.1) is 6.61 Å². The standard InChI is InChI=1S/C22H21ClN2O5/c1-4-28-22(27)19-20(15-6-8-16(23)9-7-15)25-30-21(19)24-18(26)12-29-17-10-5-13(2)11-14(17)3/h5-11H,4,12H2,1-3H3,(H,24,26). The Kier molecular flexibility index (Phi) is 6.74. The number of nitrogens with one attached hydrogen (secondary N) is 1. The Balaban J connectivity index is 1.79. The van der Waals surface area contributed by atoms with Gasteiger partial charge in [0.25, 0.3) is 5.91 Å². The molecule has 7 nitrogen and oxygen atoms in total. The van der Waals surface area contributed by atoms with E-state index >= 15 is 0 Å². The first-order chi connectivity index (χ1) is 14.4. The fourth-order valence-corrected chi connectivity index (χ4v) is 2.97. The lowest BCUT2D eigenvalue weighted by Crippen LogP contribution is -2.21. The van der Waals surface area contributed by atoms with E-state index in [1.54, 1.807) is 37.3 Å². The number of nitrogens with zero attached hydrogens (tertiary/aromatic N) is 1. The summed E-state index contributed by atoms with van der Waals surface area (Å²) >= 11 is 5.92. The summed E-state index contributed by atoms with van der Waals surface area (Å²) in [5.41, 5.74) is 2.88. The van der Waals surface area contributed by atoms with Crippen LogP contribution in [0.5, 0.6) is 5.75 Å². The summed E-state index contributed by atoms with van der Waals surface area (Å²) in [5, 5.41) is 7.01. The first-order valence-corrected chi connectivity index (χ1v) is 9.69. The van der Waals surface area contributed by atoms with Crippen molar-refractivity contribution in [2.24, 2.45) is 0 Å². The van der Waals surface area contributed by atoms with Crippen LogP contribution in [-0.2, 0) is 9.53 Å². The fraction of sp³-hybridized carbons (Fsp3) is 0.227. The lowest BCUT2D eigenvalue weighted by Gasteiger charge is -2.09. The molecule has 0 aliphatic carbocycles. The normalized spacial score (nSPS) is 10.5. The average molecular weight is 429 g/mol. The van der Waals surface area contributed by atoms with Crippen LogP contribution < -0.4 is 10.1 Å². The van der Waals surface area contributed by atoms with E-state index in [2.05, 4.69) is 10.5 Å². The second kappa shape index (κ2) is 9.45. The predicted molar refractivity (Wildman–Crippen MR) is 113 cm³/mol. The molecule has 0 aliphatic heterocycles. The van der Waals surface area contributed by atoms with E-state index in [1.165, 1.54) is 0 Å². The summed E-state index contributed by atoms with van der Waals surface area (Å²) in [6.07, 6.45) is 0. The van der Waals surface area contributed by atoms with Crippen molar-refractivity contribution in [3.63, 3.8) is 0 Å². The first-order valence-electron chi connectivity index (χ1n) is 9.31. The predicted octanol–water partition coefficient (Wildman–Crippen LogP) is 4.81. The molecule has 0 unspecified atom stereocenters. The number of benzene rings is 2. The van der Waals surface area contributed by atoms with Crippen LogP contribution in [0.3, 0.4) is 0 Å². The van der Waals surface area contributed by atoms with Gasteiger partial charge < -0.3 is 14.0 Å². The van der Waals surface area contributed by atoms with E-state index in [9.17, 15) is 9.59 Å². The third kappa shape index (κ3) is 4.99. The molecule has 156 valence electrons. The highest BCUT2D eigenvalue weighted by atomic mass is 35.5. The van der Waals surface area contributed by atoms with Gasteiger partial charge >= 0.3 is 5.97 Å². The summed E-state index contributed by atoms with van der Waals surface area (Å²) in [4.78, 5) is 24.9. The lowest BCUT2D eigenvalue weighted by molar-refractivity contribution is -0.118. The van der Waals surface area contributed by atoms with Crippen molar-refractivity contribution in [2.75, 3.05) is 18.5 Å².